The zero-order valence-electron chi connectivity index (χ0n) is 18.6. The smallest absolute Gasteiger partial charge is 0.269 e. The molecule has 33 heavy (non-hydrogen) atoms. The summed E-state index contributed by atoms with van der Waals surface area (Å²) in [6, 6.07) is 21.9. The average molecular weight is 431 g/mol. The van der Waals surface area contributed by atoms with Crippen LogP contribution in [0.4, 0.5) is 0 Å². The number of hydrogen-bond acceptors (Lipinski definition) is 4. The third kappa shape index (κ3) is 2.95. The first-order valence-corrected chi connectivity index (χ1v) is 10.8. The summed E-state index contributed by atoms with van der Waals surface area (Å²) in [6.07, 6.45) is 1.61. The summed E-state index contributed by atoms with van der Waals surface area (Å²) in [4.78, 5) is 28.4. The van der Waals surface area contributed by atoms with Gasteiger partial charge in [0.2, 0.25) is 0 Å². The summed E-state index contributed by atoms with van der Waals surface area (Å²) >= 11 is 0. The van der Waals surface area contributed by atoms with Crippen LogP contribution in [0.15, 0.2) is 77.9 Å². The normalized spacial score (nSPS) is 11.6. The van der Waals surface area contributed by atoms with E-state index < -0.39 is 0 Å². The van der Waals surface area contributed by atoms with Crippen LogP contribution < -0.4 is 5.56 Å². The molecule has 0 saturated carbocycles. The Bertz CT molecular complexity index is 1760. The SMILES string of the molecule is Cc1ccc(-n2c3nc4ccccc4nc3c3c(=O)n(-c4cc(C)ccc4C)cnc32)cc1. The van der Waals surface area contributed by atoms with E-state index in [2.05, 4.69) is 0 Å². The molecule has 0 aliphatic heterocycles. The minimum atomic E-state index is -0.158. The van der Waals surface area contributed by atoms with E-state index in [9.17, 15) is 4.79 Å². The fourth-order valence-corrected chi connectivity index (χ4v) is 4.33. The van der Waals surface area contributed by atoms with Gasteiger partial charge in [0, 0.05) is 5.69 Å². The molecule has 0 N–H and O–H groups in total. The second-order valence-corrected chi connectivity index (χ2v) is 8.46. The van der Waals surface area contributed by atoms with E-state index in [0.717, 1.165) is 39.1 Å². The fourth-order valence-electron chi connectivity index (χ4n) is 4.33. The second kappa shape index (κ2) is 7.10. The maximum absolute atomic E-state index is 13.9. The van der Waals surface area contributed by atoms with Crippen molar-refractivity contribution in [2.24, 2.45) is 0 Å². The van der Waals surface area contributed by atoms with Gasteiger partial charge < -0.3 is 0 Å². The molecule has 0 amide bonds. The summed E-state index contributed by atoms with van der Waals surface area (Å²) in [5.74, 6) is 0. The third-order valence-corrected chi connectivity index (χ3v) is 6.08. The van der Waals surface area contributed by atoms with Gasteiger partial charge in [-0.2, -0.15) is 0 Å². The Morgan fingerprint density at radius 2 is 1.45 bits per heavy atom. The maximum Gasteiger partial charge on any atom is 0.269 e. The van der Waals surface area contributed by atoms with E-state index in [0.29, 0.717) is 22.2 Å². The molecule has 0 aliphatic rings. The first kappa shape index (κ1) is 19.4. The molecule has 6 nitrogen and oxygen atoms in total. The Hall–Kier alpha value is -4.32. The molecule has 0 bridgehead atoms. The number of benzene rings is 3. The van der Waals surface area contributed by atoms with Gasteiger partial charge in [-0.3, -0.25) is 13.9 Å². The summed E-state index contributed by atoms with van der Waals surface area (Å²) in [5.41, 5.74) is 8.04. The van der Waals surface area contributed by atoms with Gasteiger partial charge in [-0.15, -0.1) is 0 Å². The second-order valence-electron chi connectivity index (χ2n) is 8.46. The molecule has 0 aliphatic carbocycles. The van der Waals surface area contributed by atoms with E-state index in [1.165, 1.54) is 0 Å². The number of nitrogens with zero attached hydrogens (tertiary/aromatic N) is 5. The number of hydrogen-bond donors (Lipinski definition) is 0. The quantitative estimate of drug-likeness (QED) is 0.378. The molecule has 0 atom stereocenters. The molecule has 3 heterocycles. The lowest BCUT2D eigenvalue weighted by Crippen LogP contribution is -2.20. The van der Waals surface area contributed by atoms with Crippen molar-refractivity contribution in [3.8, 4) is 11.4 Å². The van der Waals surface area contributed by atoms with Crippen LogP contribution in [0, 0.1) is 20.8 Å². The minimum Gasteiger partial charge on any atom is -0.276 e. The Balaban J connectivity index is 1.78. The highest BCUT2D eigenvalue weighted by molar-refractivity contribution is 6.05. The Morgan fingerprint density at radius 3 is 2.21 bits per heavy atom. The van der Waals surface area contributed by atoms with Crippen molar-refractivity contribution in [3.63, 3.8) is 0 Å². The molecular weight excluding hydrogens is 410 g/mol. The van der Waals surface area contributed by atoms with Crippen molar-refractivity contribution < 1.29 is 0 Å². The zero-order valence-corrected chi connectivity index (χ0v) is 18.6. The Morgan fingerprint density at radius 1 is 0.758 bits per heavy atom. The average Bonchev–Trinajstić information content (AvgIpc) is 3.14. The van der Waals surface area contributed by atoms with Gasteiger partial charge in [-0.1, -0.05) is 42.0 Å². The molecule has 3 aromatic carbocycles. The van der Waals surface area contributed by atoms with E-state index in [-0.39, 0.29) is 5.56 Å². The van der Waals surface area contributed by atoms with Crippen molar-refractivity contribution in [3.05, 3.63) is 100 Å². The van der Waals surface area contributed by atoms with Gasteiger partial charge in [0.05, 0.1) is 16.7 Å². The third-order valence-electron chi connectivity index (χ3n) is 6.08. The lowest BCUT2D eigenvalue weighted by molar-refractivity contribution is 0.941. The molecule has 0 fully saturated rings. The van der Waals surface area contributed by atoms with Crippen molar-refractivity contribution in [2.45, 2.75) is 20.8 Å². The van der Waals surface area contributed by atoms with Crippen LogP contribution in [0.3, 0.4) is 0 Å². The van der Waals surface area contributed by atoms with Crippen LogP contribution in [0.5, 0.6) is 0 Å². The van der Waals surface area contributed by atoms with Crippen LogP contribution in [-0.2, 0) is 0 Å². The molecule has 0 unspecified atom stereocenters. The highest BCUT2D eigenvalue weighted by Gasteiger charge is 2.21. The molecule has 0 spiro atoms. The monoisotopic (exact) mass is 431 g/mol. The molecule has 0 saturated heterocycles. The van der Waals surface area contributed by atoms with Crippen LogP contribution in [0.2, 0.25) is 0 Å². The van der Waals surface area contributed by atoms with E-state index in [1.807, 2.05) is 92.1 Å². The van der Waals surface area contributed by atoms with E-state index in [1.54, 1.807) is 10.9 Å². The Kier molecular flexibility index (Phi) is 4.17. The number of rotatable bonds is 2. The first-order chi connectivity index (χ1) is 16.0. The number of aromatic nitrogens is 5. The molecule has 6 heteroatoms. The predicted molar refractivity (Wildman–Crippen MR) is 131 cm³/mol. The van der Waals surface area contributed by atoms with E-state index in [4.69, 9.17) is 15.0 Å². The number of aryl methyl sites for hydroxylation is 3. The molecule has 0 radical (unpaired) electrons. The number of para-hydroxylation sites is 2. The zero-order chi connectivity index (χ0) is 22.7. The van der Waals surface area contributed by atoms with Crippen molar-refractivity contribution in [1.82, 2.24) is 24.1 Å². The van der Waals surface area contributed by atoms with E-state index >= 15 is 0 Å². The molecular formula is C27H21N5O. The van der Waals surface area contributed by atoms with Crippen LogP contribution in [0.25, 0.3) is 44.6 Å². The predicted octanol–water partition coefficient (Wildman–Crippen LogP) is 5.20. The largest absolute Gasteiger partial charge is 0.276 e. The molecule has 3 aromatic heterocycles. The Labute approximate surface area is 189 Å². The van der Waals surface area contributed by atoms with Crippen LogP contribution in [0.1, 0.15) is 16.7 Å². The fraction of sp³-hybridized carbons (Fsp3) is 0.111. The highest BCUT2D eigenvalue weighted by atomic mass is 16.1. The van der Waals surface area contributed by atoms with Crippen molar-refractivity contribution in [2.75, 3.05) is 0 Å². The maximum atomic E-state index is 13.9. The van der Waals surface area contributed by atoms with Gasteiger partial charge in [0.1, 0.15) is 17.2 Å². The lowest BCUT2D eigenvalue weighted by Gasteiger charge is -2.10. The van der Waals surface area contributed by atoms with Gasteiger partial charge >= 0.3 is 0 Å². The van der Waals surface area contributed by atoms with Gasteiger partial charge in [0.25, 0.3) is 5.56 Å². The first-order valence-electron chi connectivity index (χ1n) is 10.8. The van der Waals surface area contributed by atoms with Gasteiger partial charge in [-0.25, -0.2) is 15.0 Å². The van der Waals surface area contributed by atoms with Gasteiger partial charge in [-0.05, 0) is 62.2 Å². The number of fused-ring (bicyclic) bond motifs is 4. The summed E-state index contributed by atoms with van der Waals surface area (Å²) < 4.78 is 3.54. The highest BCUT2D eigenvalue weighted by Crippen LogP contribution is 2.29. The van der Waals surface area contributed by atoms with Crippen LogP contribution >= 0.6 is 0 Å². The lowest BCUT2D eigenvalue weighted by atomic mass is 10.1. The van der Waals surface area contributed by atoms with Crippen molar-refractivity contribution in [1.29, 1.82) is 0 Å². The summed E-state index contributed by atoms with van der Waals surface area (Å²) in [7, 11) is 0. The van der Waals surface area contributed by atoms with Gasteiger partial charge in [0.15, 0.2) is 11.3 Å². The standard InChI is InChI=1S/C27H21N5O/c1-16-9-12-19(13-10-16)32-25-23(24-26(32)30-21-7-5-4-6-20(21)29-24)27(33)31(15-28-25)22-14-17(2)8-11-18(22)3/h4-15H,1-3H3. The summed E-state index contributed by atoms with van der Waals surface area (Å²) in [6.45, 7) is 6.05. The van der Waals surface area contributed by atoms with Crippen LogP contribution in [-0.4, -0.2) is 24.1 Å². The molecule has 6 rings (SSSR count). The molecule has 160 valence electrons. The topological polar surface area (TPSA) is 65.6 Å². The minimum absolute atomic E-state index is 0.158. The van der Waals surface area contributed by atoms with Crippen molar-refractivity contribution >= 4 is 33.2 Å². The summed E-state index contributed by atoms with van der Waals surface area (Å²) in [5, 5.41) is 0.465. The molecule has 6 aromatic rings.